The summed E-state index contributed by atoms with van der Waals surface area (Å²) in [6.45, 7) is 3.21. The SMILES string of the molecule is CCCCCCCCCCCCCCCC[n+]1ccccc1CC(=O)O. The molecule has 1 rings (SSSR count). The number of carboxylic acid groups (broad SMARTS) is 1. The molecule has 0 bridgehead atoms. The van der Waals surface area contributed by atoms with Crippen LogP contribution in [0.15, 0.2) is 24.4 Å². The van der Waals surface area contributed by atoms with Crippen LogP contribution in [0.25, 0.3) is 0 Å². The molecule has 1 N–H and O–H groups in total. The average molecular weight is 363 g/mol. The lowest BCUT2D eigenvalue weighted by atomic mass is 10.0. The quantitative estimate of drug-likeness (QED) is 0.269. The van der Waals surface area contributed by atoms with Crippen LogP contribution in [0.5, 0.6) is 0 Å². The number of carboxylic acids is 1. The first-order valence-corrected chi connectivity index (χ1v) is 10.9. The lowest BCUT2D eigenvalue weighted by Crippen LogP contribution is -2.38. The van der Waals surface area contributed by atoms with Crippen molar-refractivity contribution in [3.05, 3.63) is 30.1 Å². The number of rotatable bonds is 17. The molecule has 0 aliphatic heterocycles. The molecule has 0 amide bonds. The van der Waals surface area contributed by atoms with E-state index < -0.39 is 5.97 Å². The number of hydrogen-bond acceptors (Lipinski definition) is 1. The zero-order valence-electron chi connectivity index (χ0n) is 16.9. The lowest BCUT2D eigenvalue weighted by molar-refractivity contribution is -0.704. The Bertz CT molecular complexity index is 473. The van der Waals surface area contributed by atoms with Crippen LogP contribution in [0, 0.1) is 0 Å². The highest BCUT2D eigenvalue weighted by atomic mass is 16.4. The minimum absolute atomic E-state index is 0.111. The normalized spacial score (nSPS) is 11.0. The van der Waals surface area contributed by atoms with Crippen molar-refractivity contribution in [3.8, 4) is 0 Å². The first kappa shape index (κ1) is 22.7. The lowest BCUT2D eigenvalue weighted by Gasteiger charge is -2.04. The van der Waals surface area contributed by atoms with Gasteiger partial charge in [0.1, 0.15) is 13.0 Å². The van der Waals surface area contributed by atoms with Gasteiger partial charge < -0.3 is 5.11 Å². The van der Waals surface area contributed by atoms with Gasteiger partial charge in [0, 0.05) is 18.6 Å². The van der Waals surface area contributed by atoms with E-state index in [4.69, 9.17) is 5.11 Å². The second-order valence-corrected chi connectivity index (χ2v) is 7.55. The van der Waals surface area contributed by atoms with Crippen molar-refractivity contribution in [2.45, 2.75) is 110 Å². The molecule has 0 aliphatic rings. The van der Waals surface area contributed by atoms with Crippen molar-refractivity contribution < 1.29 is 14.5 Å². The predicted molar refractivity (Wildman–Crippen MR) is 108 cm³/mol. The number of nitrogens with zero attached hydrogens (tertiary/aromatic N) is 1. The fourth-order valence-corrected chi connectivity index (χ4v) is 3.52. The molecule has 26 heavy (non-hydrogen) atoms. The summed E-state index contributed by atoms with van der Waals surface area (Å²) in [7, 11) is 0. The number of pyridine rings is 1. The molecule has 148 valence electrons. The maximum absolute atomic E-state index is 10.9. The van der Waals surface area contributed by atoms with Gasteiger partial charge in [0.25, 0.3) is 0 Å². The summed E-state index contributed by atoms with van der Waals surface area (Å²) in [5.41, 5.74) is 0.898. The van der Waals surface area contributed by atoms with Gasteiger partial charge in [-0.2, -0.15) is 0 Å². The highest BCUT2D eigenvalue weighted by molar-refractivity contribution is 5.69. The molecule has 3 nitrogen and oxygen atoms in total. The van der Waals surface area contributed by atoms with E-state index in [1.54, 1.807) is 0 Å². The Morgan fingerprint density at radius 2 is 1.31 bits per heavy atom. The number of hydrogen-bond donors (Lipinski definition) is 1. The fourth-order valence-electron chi connectivity index (χ4n) is 3.52. The highest BCUT2D eigenvalue weighted by Crippen LogP contribution is 2.13. The van der Waals surface area contributed by atoms with Gasteiger partial charge in [-0.1, -0.05) is 90.0 Å². The standard InChI is InChI=1S/C23H39NO2/c1-2-3-4-5-6-7-8-9-10-11-12-13-14-16-19-24-20-17-15-18-22(24)21-23(25)26/h15,17-18,20H,2-14,16,19,21H2,1H3/p+1. The summed E-state index contributed by atoms with van der Waals surface area (Å²) in [5, 5.41) is 8.97. The van der Waals surface area contributed by atoms with E-state index in [-0.39, 0.29) is 6.42 Å². The van der Waals surface area contributed by atoms with Gasteiger partial charge in [-0.3, -0.25) is 4.79 Å². The Balaban J connectivity index is 1.93. The molecule has 1 aromatic rings. The second-order valence-electron chi connectivity index (χ2n) is 7.55. The number of aryl methyl sites for hydroxylation is 1. The van der Waals surface area contributed by atoms with Crippen LogP contribution in [0.3, 0.4) is 0 Å². The minimum Gasteiger partial charge on any atom is -0.481 e. The van der Waals surface area contributed by atoms with Gasteiger partial charge in [0.05, 0.1) is 0 Å². The molecule has 0 aliphatic carbocycles. The largest absolute Gasteiger partial charge is 0.481 e. The molecule has 3 heteroatoms. The van der Waals surface area contributed by atoms with Gasteiger partial charge >= 0.3 is 5.97 Å². The maximum Gasteiger partial charge on any atom is 0.314 e. The molecular weight excluding hydrogens is 322 g/mol. The van der Waals surface area contributed by atoms with Crippen molar-refractivity contribution in [2.24, 2.45) is 0 Å². The third-order valence-corrected chi connectivity index (χ3v) is 5.12. The van der Waals surface area contributed by atoms with Crippen LogP contribution >= 0.6 is 0 Å². The van der Waals surface area contributed by atoms with Crippen molar-refractivity contribution >= 4 is 5.97 Å². The molecule has 0 saturated heterocycles. The average Bonchev–Trinajstić information content (AvgIpc) is 2.63. The van der Waals surface area contributed by atoms with E-state index in [2.05, 4.69) is 11.5 Å². The molecule has 0 unspecified atom stereocenters. The van der Waals surface area contributed by atoms with Gasteiger partial charge in [0.15, 0.2) is 11.9 Å². The number of carbonyl (C=O) groups is 1. The van der Waals surface area contributed by atoms with Gasteiger partial charge in [-0.05, 0) is 6.42 Å². The van der Waals surface area contributed by atoms with E-state index in [9.17, 15) is 4.79 Å². The molecule has 0 radical (unpaired) electrons. The molecule has 0 saturated carbocycles. The Kier molecular flexibility index (Phi) is 13.8. The number of unbranched alkanes of at least 4 members (excludes halogenated alkanes) is 13. The molecule has 0 spiro atoms. The number of aromatic nitrogens is 1. The zero-order chi connectivity index (χ0) is 18.9. The third kappa shape index (κ3) is 12.1. The Morgan fingerprint density at radius 3 is 1.81 bits per heavy atom. The van der Waals surface area contributed by atoms with Gasteiger partial charge in [-0.15, -0.1) is 0 Å². The summed E-state index contributed by atoms with van der Waals surface area (Å²) >= 11 is 0. The van der Waals surface area contributed by atoms with Crippen LogP contribution in [0.2, 0.25) is 0 Å². The molecule has 0 fully saturated rings. The molecule has 1 aromatic heterocycles. The van der Waals surface area contributed by atoms with Crippen LogP contribution in [-0.4, -0.2) is 11.1 Å². The summed E-state index contributed by atoms with van der Waals surface area (Å²) in [4.78, 5) is 10.9. The molecular formula is C23H40NO2+. The topological polar surface area (TPSA) is 41.2 Å². The summed E-state index contributed by atoms with van der Waals surface area (Å²) in [5.74, 6) is -0.758. The van der Waals surface area contributed by atoms with Crippen LogP contribution in [0.4, 0.5) is 0 Å². The van der Waals surface area contributed by atoms with Crippen molar-refractivity contribution in [1.82, 2.24) is 0 Å². The van der Waals surface area contributed by atoms with Crippen LogP contribution in [0.1, 0.15) is 103 Å². The minimum atomic E-state index is -0.758. The second kappa shape index (κ2) is 15.8. The van der Waals surface area contributed by atoms with E-state index in [0.29, 0.717) is 0 Å². The van der Waals surface area contributed by atoms with Gasteiger partial charge in [0.2, 0.25) is 0 Å². The monoisotopic (exact) mass is 362 g/mol. The Labute approximate surface area is 160 Å². The summed E-state index contributed by atoms with van der Waals surface area (Å²) in [6, 6.07) is 5.81. The third-order valence-electron chi connectivity index (χ3n) is 5.12. The summed E-state index contributed by atoms with van der Waals surface area (Å²) < 4.78 is 2.09. The van der Waals surface area contributed by atoms with Crippen LogP contribution < -0.4 is 4.57 Å². The predicted octanol–water partition coefficient (Wildman–Crippen LogP) is 6.08. The van der Waals surface area contributed by atoms with Crippen LogP contribution in [-0.2, 0) is 17.8 Å². The van der Waals surface area contributed by atoms with E-state index in [1.165, 1.54) is 83.5 Å². The zero-order valence-corrected chi connectivity index (χ0v) is 16.9. The smallest absolute Gasteiger partial charge is 0.314 e. The van der Waals surface area contributed by atoms with Crippen molar-refractivity contribution in [2.75, 3.05) is 0 Å². The first-order valence-electron chi connectivity index (χ1n) is 10.9. The van der Waals surface area contributed by atoms with Crippen molar-refractivity contribution in [3.63, 3.8) is 0 Å². The van der Waals surface area contributed by atoms with Crippen molar-refractivity contribution in [1.29, 1.82) is 0 Å². The molecule has 0 atom stereocenters. The number of aliphatic carboxylic acids is 1. The maximum atomic E-state index is 10.9. The fraction of sp³-hybridized carbons (Fsp3) is 0.739. The van der Waals surface area contributed by atoms with E-state index >= 15 is 0 Å². The molecule has 1 heterocycles. The molecule has 0 aromatic carbocycles. The summed E-state index contributed by atoms with van der Waals surface area (Å²) in [6.07, 6.45) is 21.2. The first-order chi connectivity index (χ1) is 12.7. The van der Waals surface area contributed by atoms with E-state index in [1.807, 2.05) is 24.4 Å². The highest BCUT2D eigenvalue weighted by Gasteiger charge is 2.12. The Morgan fingerprint density at radius 1 is 0.808 bits per heavy atom. The van der Waals surface area contributed by atoms with Gasteiger partial charge in [-0.25, -0.2) is 4.57 Å². The Hall–Kier alpha value is -1.38. The van der Waals surface area contributed by atoms with E-state index in [0.717, 1.165) is 18.7 Å².